The zero-order valence-corrected chi connectivity index (χ0v) is 41.1. The van der Waals surface area contributed by atoms with Crippen LogP contribution in [0.25, 0.3) is 43.9 Å². The molecule has 0 saturated heterocycles. The highest BCUT2D eigenvalue weighted by Gasteiger charge is 2.56. The third kappa shape index (κ3) is 5.35. The Hall–Kier alpha value is -7.54. The monoisotopic (exact) mass is 906 g/mol. The van der Waals surface area contributed by atoms with E-state index in [2.05, 4.69) is 240 Å². The van der Waals surface area contributed by atoms with Crippen molar-refractivity contribution in [1.82, 2.24) is 0 Å². The maximum atomic E-state index is 7.28. The van der Waals surface area contributed by atoms with Gasteiger partial charge in [0, 0.05) is 55.4 Å². The number of hydrogen-bond donors (Lipinski definition) is 0. The van der Waals surface area contributed by atoms with Gasteiger partial charge in [-0.3, -0.25) is 0 Å². The smallest absolute Gasteiger partial charge is 0.251 e. The number of fused-ring (bicyclic) bond motifs is 6. The molecule has 0 unspecified atom stereocenters. The summed E-state index contributed by atoms with van der Waals surface area (Å²) in [4.78, 5) is 5.12. The van der Waals surface area contributed by atoms with Crippen molar-refractivity contribution < 1.29 is 8.83 Å². The van der Waals surface area contributed by atoms with Crippen LogP contribution in [0, 0.1) is 6.92 Å². The van der Waals surface area contributed by atoms with Crippen LogP contribution in [0.2, 0.25) is 0 Å². The van der Waals surface area contributed by atoms with Gasteiger partial charge in [0.1, 0.15) is 11.2 Å². The summed E-state index contributed by atoms with van der Waals surface area (Å²) >= 11 is 0. The van der Waals surface area contributed by atoms with E-state index in [1.54, 1.807) is 0 Å². The van der Waals surface area contributed by atoms with Gasteiger partial charge in [0.15, 0.2) is 19.2 Å². The molecule has 2 aromatic heterocycles. The highest BCUT2D eigenvalue weighted by atomic mass is 28.3. The van der Waals surface area contributed by atoms with E-state index in [1.165, 1.54) is 76.6 Å². The summed E-state index contributed by atoms with van der Waals surface area (Å²) in [6.07, 6.45) is 0. The van der Waals surface area contributed by atoms with E-state index in [1.807, 2.05) is 0 Å². The molecule has 332 valence electrons. The Morgan fingerprint density at radius 2 is 0.754 bits per heavy atom. The van der Waals surface area contributed by atoms with E-state index in [9.17, 15) is 0 Å². The Kier molecular flexibility index (Phi) is 8.24. The Labute approximate surface area is 404 Å². The number of para-hydroxylation sites is 4. The van der Waals surface area contributed by atoms with Gasteiger partial charge in [0.05, 0.1) is 11.4 Å². The van der Waals surface area contributed by atoms with Gasteiger partial charge in [0.25, 0.3) is 6.71 Å². The second-order valence-corrected chi connectivity index (χ2v) is 25.4. The van der Waals surface area contributed by atoms with Crippen molar-refractivity contribution in [2.24, 2.45) is 0 Å². The zero-order chi connectivity index (χ0) is 46.7. The van der Waals surface area contributed by atoms with Crippen molar-refractivity contribution in [2.75, 3.05) is 9.80 Å². The topological polar surface area (TPSA) is 32.8 Å². The minimum Gasteiger partial charge on any atom is -0.454 e. The van der Waals surface area contributed by atoms with Crippen LogP contribution in [-0.4, -0.2) is 14.8 Å². The molecule has 0 fully saturated rings. The van der Waals surface area contributed by atoms with Crippen LogP contribution >= 0.6 is 0 Å². The van der Waals surface area contributed by atoms with Crippen molar-refractivity contribution in [1.29, 1.82) is 0 Å². The average Bonchev–Trinajstić information content (AvgIpc) is 3.93. The van der Waals surface area contributed by atoms with Gasteiger partial charge in [-0.2, -0.15) is 0 Å². The summed E-state index contributed by atoms with van der Waals surface area (Å²) in [6, 6.07) is 68.8. The van der Waals surface area contributed by atoms with Crippen LogP contribution in [0.3, 0.4) is 0 Å². The molecule has 0 radical (unpaired) electrons. The Morgan fingerprint density at radius 3 is 1.17 bits per heavy atom. The normalized spacial score (nSPS) is 14.6. The fourth-order valence-corrected chi connectivity index (χ4v) is 18.1. The number of rotatable bonds is 4. The van der Waals surface area contributed by atoms with Gasteiger partial charge >= 0.3 is 0 Å². The van der Waals surface area contributed by atoms with Gasteiger partial charge in [-0.05, 0) is 96.9 Å². The van der Waals surface area contributed by atoms with Crippen LogP contribution in [-0.2, 0) is 10.8 Å². The molecule has 3 aliphatic rings. The fourth-order valence-electron chi connectivity index (χ4n) is 12.8. The minimum atomic E-state index is -3.04. The molecule has 3 aliphatic heterocycles. The summed E-state index contributed by atoms with van der Waals surface area (Å²) in [5.74, 6) is 0. The summed E-state index contributed by atoms with van der Waals surface area (Å²) in [6.45, 7) is 15.9. The molecule has 5 heterocycles. The lowest BCUT2D eigenvalue weighted by molar-refractivity contribution is 0.572. The second-order valence-electron chi connectivity index (χ2n) is 21.7. The van der Waals surface area contributed by atoms with Crippen LogP contribution in [0.5, 0.6) is 0 Å². The molecule has 6 heteroatoms. The Bertz CT molecular complexity index is 3710. The molecular formula is C63H51BN2O2Si. The van der Waals surface area contributed by atoms with Crippen molar-refractivity contribution in [3.8, 4) is 0 Å². The lowest BCUT2D eigenvalue weighted by Gasteiger charge is -2.51. The molecule has 0 aliphatic carbocycles. The molecule has 9 aromatic carbocycles. The quantitative estimate of drug-likeness (QED) is 0.165. The fraction of sp³-hybridized carbons (Fsp3) is 0.143. The number of anilines is 6. The average molecular weight is 907 g/mol. The molecule has 11 aromatic rings. The number of furan rings is 2. The maximum absolute atomic E-state index is 7.28. The predicted molar refractivity (Wildman–Crippen MR) is 294 cm³/mol. The Balaban J connectivity index is 1.16. The van der Waals surface area contributed by atoms with E-state index < -0.39 is 8.07 Å². The summed E-state index contributed by atoms with van der Waals surface area (Å²) < 4.78 is 14.6. The van der Waals surface area contributed by atoms with E-state index in [-0.39, 0.29) is 17.5 Å². The SMILES string of the molecule is Cc1cc2c3c(c1)N(c1cccc4c1oc1c(C(C)(C)C)cccc14)c1cccc4c1B3c1c(cccc1[Si]4(c1ccccc1)c1ccccc1)N2c1cccc2c1oc1c(C(C)(C)C)cccc12. The molecule has 0 atom stereocenters. The van der Waals surface area contributed by atoms with Gasteiger partial charge in [-0.1, -0.05) is 187 Å². The Morgan fingerprint density at radius 1 is 0.377 bits per heavy atom. The van der Waals surface area contributed by atoms with E-state index in [0.717, 1.165) is 55.3 Å². The highest BCUT2D eigenvalue weighted by Crippen LogP contribution is 2.50. The van der Waals surface area contributed by atoms with Gasteiger partial charge in [-0.15, -0.1) is 0 Å². The van der Waals surface area contributed by atoms with E-state index in [0.29, 0.717) is 0 Å². The van der Waals surface area contributed by atoms with Crippen molar-refractivity contribution in [2.45, 2.75) is 59.3 Å². The van der Waals surface area contributed by atoms with Crippen molar-refractivity contribution in [3.05, 3.63) is 199 Å². The van der Waals surface area contributed by atoms with Gasteiger partial charge in [-0.25, -0.2) is 0 Å². The second kappa shape index (κ2) is 14.0. The largest absolute Gasteiger partial charge is 0.454 e. The summed E-state index contributed by atoms with van der Waals surface area (Å²) in [5, 5.41) is 10.2. The summed E-state index contributed by atoms with van der Waals surface area (Å²) in [7, 11) is -3.04. The van der Waals surface area contributed by atoms with Gasteiger partial charge in [0.2, 0.25) is 0 Å². The zero-order valence-electron chi connectivity index (χ0n) is 40.1. The minimum absolute atomic E-state index is 0.0294. The predicted octanol–water partition coefficient (Wildman–Crippen LogP) is 12.2. The van der Waals surface area contributed by atoms with Crippen molar-refractivity contribution in [3.63, 3.8) is 0 Å². The summed E-state index contributed by atoms with van der Waals surface area (Å²) in [5.41, 5.74) is 18.0. The van der Waals surface area contributed by atoms with Gasteiger partial charge < -0.3 is 18.6 Å². The lowest BCUT2D eigenvalue weighted by atomic mass is 9.33. The first kappa shape index (κ1) is 40.5. The van der Waals surface area contributed by atoms with Crippen molar-refractivity contribution >= 4 is 130 Å². The molecule has 69 heavy (non-hydrogen) atoms. The van der Waals surface area contributed by atoms with Crippen LogP contribution in [0.1, 0.15) is 58.2 Å². The van der Waals surface area contributed by atoms with Crippen LogP contribution in [0.15, 0.2) is 191 Å². The first-order chi connectivity index (χ1) is 33.4. The number of nitrogens with zero attached hydrogens (tertiary/aromatic N) is 2. The van der Waals surface area contributed by atoms with E-state index >= 15 is 0 Å². The molecule has 14 rings (SSSR count). The van der Waals surface area contributed by atoms with E-state index in [4.69, 9.17) is 8.83 Å². The molecule has 4 nitrogen and oxygen atoms in total. The first-order valence-electron chi connectivity index (χ1n) is 24.5. The lowest BCUT2D eigenvalue weighted by Crippen LogP contribution is -2.88. The highest BCUT2D eigenvalue weighted by molar-refractivity contribution is 7.27. The number of aryl methyl sites for hydroxylation is 1. The van der Waals surface area contributed by atoms with Crippen LogP contribution in [0.4, 0.5) is 34.1 Å². The molecule has 0 bridgehead atoms. The maximum Gasteiger partial charge on any atom is 0.251 e. The molecule has 0 N–H and O–H groups in total. The molecule has 0 amide bonds. The standard InChI is InChI=1S/C63H51BN2O2Si/c1-38-36-51-55-52(37-38)66(50-33-17-27-44-42-25-15-29-46(63(5,6)7)59(42)68-61(44)50)48-31-19-35-54-57(48)64(55)56-47(30-18-34-53(56)69(54,39-20-10-8-11-21-39)40-22-12-9-13-23-40)65(51)49-32-16-26-43-41-24-14-28-45(62(2,3)4)58(41)67-60(43)49/h8-37H,1-7H3. The number of benzene rings is 9. The molecule has 0 saturated carbocycles. The third-order valence-corrected chi connectivity index (χ3v) is 20.5. The number of hydrogen-bond acceptors (Lipinski definition) is 4. The third-order valence-electron chi connectivity index (χ3n) is 15.6. The first-order valence-corrected chi connectivity index (χ1v) is 26.5. The molecular weight excluding hydrogens is 856 g/mol. The van der Waals surface area contributed by atoms with Crippen LogP contribution < -0.4 is 46.9 Å². The molecule has 0 spiro atoms.